The predicted octanol–water partition coefficient (Wildman–Crippen LogP) is 1.75. The number of carboxylic acids is 1. The van der Waals surface area contributed by atoms with Crippen LogP contribution in [0.25, 0.3) is 17.2 Å². The molecule has 0 aliphatic heterocycles. The van der Waals surface area contributed by atoms with Crippen LogP contribution in [0.4, 0.5) is 5.88 Å². The van der Waals surface area contributed by atoms with Crippen LogP contribution in [0.2, 0.25) is 0 Å². The molecule has 3 N–H and O–H groups in total. The van der Waals surface area contributed by atoms with Crippen molar-refractivity contribution in [3.63, 3.8) is 0 Å². The predicted molar refractivity (Wildman–Crippen MR) is 55.5 cm³/mol. The van der Waals surface area contributed by atoms with E-state index in [0.29, 0.717) is 5.58 Å². The van der Waals surface area contributed by atoms with Gasteiger partial charge in [-0.05, 0) is 11.6 Å². The van der Waals surface area contributed by atoms with Crippen LogP contribution in [0.1, 0.15) is 15.9 Å². The summed E-state index contributed by atoms with van der Waals surface area (Å²) in [5.41, 5.74) is 6.68. The zero-order chi connectivity index (χ0) is 11.0. The fourth-order valence-electron chi connectivity index (χ4n) is 1.33. The maximum absolute atomic E-state index is 10.9. The summed E-state index contributed by atoms with van der Waals surface area (Å²) in [6.45, 7) is 3.57. The molecule has 0 bridgehead atoms. The van der Waals surface area contributed by atoms with Crippen molar-refractivity contribution < 1.29 is 14.3 Å². The van der Waals surface area contributed by atoms with E-state index in [9.17, 15) is 4.79 Å². The number of nitrogen functional groups attached to an aromatic ring is 1. The summed E-state index contributed by atoms with van der Waals surface area (Å²) >= 11 is 0. The zero-order valence-electron chi connectivity index (χ0n) is 7.73. The van der Waals surface area contributed by atoms with Gasteiger partial charge in [0.15, 0.2) is 5.58 Å². The average molecular weight is 204 g/mol. The lowest BCUT2D eigenvalue weighted by Gasteiger charge is -1.92. The number of aromatic carboxylic acids is 1. The topological polar surface area (TPSA) is 89.3 Å². The van der Waals surface area contributed by atoms with Crippen LogP contribution in [0, 0.1) is 0 Å². The molecule has 2 heterocycles. The van der Waals surface area contributed by atoms with Crippen LogP contribution < -0.4 is 5.73 Å². The van der Waals surface area contributed by atoms with Crippen LogP contribution in [0.3, 0.4) is 0 Å². The second kappa shape index (κ2) is 3.13. The van der Waals surface area contributed by atoms with Gasteiger partial charge in [-0.25, -0.2) is 4.79 Å². The highest BCUT2D eigenvalue weighted by molar-refractivity contribution is 6.05. The Morgan fingerprint density at radius 3 is 3.00 bits per heavy atom. The summed E-state index contributed by atoms with van der Waals surface area (Å²) in [6.07, 6.45) is 3.10. The Kier molecular flexibility index (Phi) is 1.93. The Hall–Kier alpha value is -2.30. The first-order valence-electron chi connectivity index (χ1n) is 4.17. The second-order valence-electron chi connectivity index (χ2n) is 2.97. The highest BCUT2D eigenvalue weighted by Crippen LogP contribution is 2.26. The van der Waals surface area contributed by atoms with Crippen molar-refractivity contribution in [3.8, 4) is 0 Å². The Morgan fingerprint density at radius 2 is 2.40 bits per heavy atom. The standard InChI is InChI=1S/C10H8N2O3/c1-2-5-3-6-8(12-4-5)7(10(13)14)9(11)15-6/h2-4H,1,11H2,(H,13,14). The second-order valence-corrected chi connectivity index (χ2v) is 2.97. The van der Waals surface area contributed by atoms with Crippen LogP contribution in [0.5, 0.6) is 0 Å². The molecule has 76 valence electrons. The van der Waals surface area contributed by atoms with E-state index in [1.807, 2.05) is 0 Å². The number of anilines is 1. The number of carboxylic acid groups (broad SMARTS) is 1. The largest absolute Gasteiger partial charge is 0.477 e. The van der Waals surface area contributed by atoms with Crippen LogP contribution in [-0.4, -0.2) is 16.1 Å². The molecule has 0 saturated heterocycles. The van der Waals surface area contributed by atoms with E-state index in [1.165, 1.54) is 6.20 Å². The summed E-state index contributed by atoms with van der Waals surface area (Å²) in [6, 6.07) is 1.64. The maximum atomic E-state index is 10.9. The van der Waals surface area contributed by atoms with Crippen LogP contribution >= 0.6 is 0 Å². The van der Waals surface area contributed by atoms with E-state index in [0.717, 1.165) is 5.56 Å². The van der Waals surface area contributed by atoms with Crippen molar-refractivity contribution in [1.29, 1.82) is 0 Å². The van der Waals surface area contributed by atoms with Gasteiger partial charge in [0.1, 0.15) is 11.1 Å². The van der Waals surface area contributed by atoms with Crippen LogP contribution in [0.15, 0.2) is 23.3 Å². The summed E-state index contributed by atoms with van der Waals surface area (Å²) in [7, 11) is 0. The molecule has 0 atom stereocenters. The molecule has 0 aromatic carbocycles. The van der Waals surface area contributed by atoms with Crippen molar-refractivity contribution in [2.24, 2.45) is 0 Å². The van der Waals surface area contributed by atoms with Gasteiger partial charge in [-0.2, -0.15) is 0 Å². The SMILES string of the molecule is C=Cc1cnc2c(C(=O)O)c(N)oc2c1. The smallest absolute Gasteiger partial charge is 0.343 e. The first-order chi connectivity index (χ1) is 7.13. The summed E-state index contributed by atoms with van der Waals surface area (Å²) in [5, 5.41) is 8.88. The molecule has 0 aliphatic carbocycles. The molecule has 0 radical (unpaired) electrons. The Morgan fingerprint density at radius 1 is 1.67 bits per heavy atom. The number of hydrogen-bond acceptors (Lipinski definition) is 4. The molecule has 5 nitrogen and oxygen atoms in total. The molecular weight excluding hydrogens is 196 g/mol. The zero-order valence-corrected chi connectivity index (χ0v) is 7.73. The fourth-order valence-corrected chi connectivity index (χ4v) is 1.33. The monoisotopic (exact) mass is 204 g/mol. The van der Waals surface area contributed by atoms with Gasteiger partial charge in [-0.3, -0.25) is 4.98 Å². The van der Waals surface area contributed by atoms with Crippen molar-refractivity contribution in [1.82, 2.24) is 4.98 Å². The normalized spacial score (nSPS) is 10.4. The van der Waals surface area contributed by atoms with E-state index in [2.05, 4.69) is 11.6 Å². The molecule has 0 amide bonds. The minimum Gasteiger partial charge on any atom is -0.477 e. The molecule has 0 spiro atoms. The number of rotatable bonds is 2. The van der Waals surface area contributed by atoms with Crippen molar-refractivity contribution >= 4 is 29.0 Å². The van der Waals surface area contributed by atoms with E-state index < -0.39 is 5.97 Å². The lowest BCUT2D eigenvalue weighted by Crippen LogP contribution is -1.99. The number of fused-ring (bicyclic) bond motifs is 1. The van der Waals surface area contributed by atoms with Gasteiger partial charge in [0.2, 0.25) is 5.88 Å². The Bertz CT molecular complexity index is 557. The molecule has 0 fully saturated rings. The van der Waals surface area contributed by atoms with Crippen molar-refractivity contribution in [2.75, 3.05) is 5.73 Å². The number of carbonyl (C=O) groups is 1. The van der Waals surface area contributed by atoms with E-state index in [4.69, 9.17) is 15.3 Å². The molecule has 15 heavy (non-hydrogen) atoms. The highest BCUT2D eigenvalue weighted by Gasteiger charge is 2.19. The third-order valence-electron chi connectivity index (χ3n) is 2.03. The molecule has 0 saturated carbocycles. The third kappa shape index (κ3) is 1.34. The van der Waals surface area contributed by atoms with Gasteiger partial charge >= 0.3 is 5.97 Å². The molecule has 0 unspecified atom stereocenters. The molecule has 2 aromatic rings. The van der Waals surface area contributed by atoms with Gasteiger partial charge in [0.05, 0.1) is 0 Å². The summed E-state index contributed by atoms with van der Waals surface area (Å²) < 4.78 is 5.09. The first kappa shape index (κ1) is 9.26. The van der Waals surface area contributed by atoms with Gasteiger partial charge in [-0.15, -0.1) is 0 Å². The Balaban J connectivity index is 2.79. The lowest BCUT2D eigenvalue weighted by molar-refractivity contribution is 0.0699. The minimum absolute atomic E-state index is 0.0967. The molecule has 2 rings (SSSR count). The fraction of sp³-hybridized carbons (Fsp3) is 0. The van der Waals surface area contributed by atoms with Gasteiger partial charge in [0, 0.05) is 6.20 Å². The van der Waals surface area contributed by atoms with Crippen molar-refractivity contribution in [2.45, 2.75) is 0 Å². The van der Waals surface area contributed by atoms with E-state index in [1.54, 1.807) is 12.1 Å². The third-order valence-corrected chi connectivity index (χ3v) is 2.03. The molecule has 5 heteroatoms. The molecule has 2 aromatic heterocycles. The highest BCUT2D eigenvalue weighted by atomic mass is 16.4. The Labute approximate surface area is 84.8 Å². The number of hydrogen-bond donors (Lipinski definition) is 2. The minimum atomic E-state index is -1.15. The summed E-state index contributed by atoms with van der Waals surface area (Å²) in [5.74, 6) is -1.28. The quantitative estimate of drug-likeness (QED) is 0.777. The molecule has 0 aliphatic rings. The van der Waals surface area contributed by atoms with E-state index >= 15 is 0 Å². The molecular formula is C10H8N2O3. The van der Waals surface area contributed by atoms with E-state index in [-0.39, 0.29) is 17.0 Å². The van der Waals surface area contributed by atoms with Gasteiger partial charge in [0.25, 0.3) is 0 Å². The lowest BCUT2D eigenvalue weighted by atomic mass is 10.2. The van der Waals surface area contributed by atoms with Crippen LogP contribution in [-0.2, 0) is 0 Å². The number of nitrogens with zero attached hydrogens (tertiary/aromatic N) is 1. The number of furan rings is 1. The maximum Gasteiger partial charge on any atom is 0.343 e. The number of aromatic nitrogens is 1. The average Bonchev–Trinajstić information content (AvgIpc) is 2.52. The number of nitrogens with two attached hydrogens (primary N) is 1. The van der Waals surface area contributed by atoms with Crippen molar-refractivity contribution in [3.05, 3.63) is 30.0 Å². The summed E-state index contributed by atoms with van der Waals surface area (Å²) in [4.78, 5) is 14.8. The van der Waals surface area contributed by atoms with Gasteiger partial charge < -0.3 is 15.3 Å². The number of pyridine rings is 1. The van der Waals surface area contributed by atoms with Gasteiger partial charge in [-0.1, -0.05) is 12.7 Å². The first-order valence-corrected chi connectivity index (χ1v) is 4.17.